The first-order valence-electron chi connectivity index (χ1n) is 6.21. The third-order valence-corrected chi connectivity index (χ3v) is 2.56. The molecule has 0 aliphatic carbocycles. The van der Waals surface area contributed by atoms with Gasteiger partial charge in [-0.1, -0.05) is 0 Å². The summed E-state index contributed by atoms with van der Waals surface area (Å²) in [6.45, 7) is -0.378. The van der Waals surface area contributed by atoms with E-state index < -0.39 is 23.2 Å². The predicted octanol–water partition coefficient (Wildman–Crippen LogP) is 0.354. The van der Waals surface area contributed by atoms with Crippen molar-refractivity contribution >= 4 is 11.8 Å². The molecule has 0 bridgehead atoms. The van der Waals surface area contributed by atoms with E-state index in [9.17, 15) is 18.8 Å². The molecule has 7 nitrogen and oxygen atoms in total. The van der Waals surface area contributed by atoms with Crippen LogP contribution in [0, 0.1) is 5.82 Å². The minimum atomic E-state index is -0.753. The molecule has 0 fully saturated rings. The number of pyridine rings is 1. The maximum absolute atomic E-state index is 12.7. The van der Waals surface area contributed by atoms with E-state index >= 15 is 0 Å². The molecule has 0 aliphatic heterocycles. The van der Waals surface area contributed by atoms with E-state index in [1.807, 2.05) is 0 Å². The van der Waals surface area contributed by atoms with Crippen molar-refractivity contribution in [3.05, 3.63) is 64.3 Å². The first-order chi connectivity index (χ1) is 10.6. The van der Waals surface area contributed by atoms with Crippen LogP contribution in [0.15, 0.2) is 47.4 Å². The van der Waals surface area contributed by atoms with Crippen LogP contribution in [0.3, 0.4) is 0 Å². The lowest BCUT2D eigenvalue weighted by Gasteiger charge is -2.08. The highest BCUT2D eigenvalue weighted by Crippen LogP contribution is 2.10. The van der Waals surface area contributed by atoms with Gasteiger partial charge in [-0.3, -0.25) is 25.2 Å². The van der Waals surface area contributed by atoms with E-state index in [4.69, 9.17) is 4.74 Å². The Morgan fingerprint density at radius 3 is 2.55 bits per heavy atom. The van der Waals surface area contributed by atoms with Crippen molar-refractivity contribution < 1.29 is 18.7 Å². The van der Waals surface area contributed by atoms with Crippen molar-refractivity contribution in [1.82, 2.24) is 15.8 Å². The number of carbonyl (C=O) groups excluding carboxylic acids is 2. The van der Waals surface area contributed by atoms with Gasteiger partial charge in [-0.2, -0.15) is 0 Å². The van der Waals surface area contributed by atoms with Gasteiger partial charge in [-0.05, 0) is 36.4 Å². The van der Waals surface area contributed by atoms with E-state index in [-0.39, 0.29) is 12.2 Å². The highest BCUT2D eigenvalue weighted by Gasteiger charge is 2.10. The Hall–Kier alpha value is -3.16. The molecule has 1 aromatic carbocycles. The molecule has 0 saturated heterocycles. The number of hydrogen-bond donors (Lipinski definition) is 3. The molecule has 0 atom stereocenters. The van der Waals surface area contributed by atoms with Gasteiger partial charge in [-0.25, -0.2) is 4.39 Å². The molecule has 3 N–H and O–H groups in total. The summed E-state index contributed by atoms with van der Waals surface area (Å²) in [5, 5.41) is 0. The fourth-order valence-corrected chi connectivity index (χ4v) is 1.51. The van der Waals surface area contributed by atoms with Crippen LogP contribution >= 0.6 is 0 Å². The van der Waals surface area contributed by atoms with Crippen LogP contribution in [0.5, 0.6) is 5.75 Å². The quantitative estimate of drug-likeness (QED) is 0.710. The Labute approximate surface area is 124 Å². The number of rotatable bonds is 4. The molecule has 2 amide bonds. The van der Waals surface area contributed by atoms with Gasteiger partial charge in [-0.15, -0.1) is 0 Å². The Balaban J connectivity index is 1.80. The number of aromatic amines is 1. The number of benzene rings is 1. The van der Waals surface area contributed by atoms with Crippen molar-refractivity contribution in [3.8, 4) is 5.75 Å². The summed E-state index contributed by atoms with van der Waals surface area (Å²) in [6.07, 6.45) is 1.38. The molecule has 2 aromatic rings. The van der Waals surface area contributed by atoms with Gasteiger partial charge in [0, 0.05) is 6.20 Å². The number of hydrogen-bond acceptors (Lipinski definition) is 4. The average Bonchev–Trinajstić information content (AvgIpc) is 2.52. The lowest BCUT2D eigenvalue weighted by molar-refractivity contribution is -0.123. The zero-order chi connectivity index (χ0) is 15.9. The van der Waals surface area contributed by atoms with Crippen LogP contribution in [0.4, 0.5) is 4.39 Å². The number of halogens is 1. The highest BCUT2D eigenvalue weighted by molar-refractivity contribution is 5.95. The van der Waals surface area contributed by atoms with Crippen molar-refractivity contribution in [3.63, 3.8) is 0 Å². The van der Waals surface area contributed by atoms with E-state index in [0.717, 1.165) is 0 Å². The third kappa shape index (κ3) is 4.17. The molecule has 8 heteroatoms. The molecule has 0 unspecified atom stereocenters. The average molecular weight is 305 g/mol. The lowest BCUT2D eigenvalue weighted by atomic mass is 10.3. The molecular formula is C14H12FN3O4. The van der Waals surface area contributed by atoms with Crippen molar-refractivity contribution in [2.45, 2.75) is 0 Å². The van der Waals surface area contributed by atoms with Crippen molar-refractivity contribution in [2.24, 2.45) is 0 Å². The molecular weight excluding hydrogens is 293 g/mol. The SMILES string of the molecule is O=C(COc1ccc(F)cc1)NNC(=O)c1ccc[nH]c1=O. The number of hydrazine groups is 1. The Bertz CT molecular complexity index is 727. The van der Waals surface area contributed by atoms with Gasteiger partial charge in [0.15, 0.2) is 6.61 Å². The number of amides is 2. The number of H-pyrrole nitrogens is 1. The van der Waals surface area contributed by atoms with Crippen LogP contribution in [-0.2, 0) is 4.79 Å². The minimum Gasteiger partial charge on any atom is -0.484 e. The van der Waals surface area contributed by atoms with Crippen LogP contribution < -0.4 is 21.1 Å². The standard InChI is InChI=1S/C14H12FN3O4/c15-9-3-5-10(6-4-9)22-8-12(19)17-18-14(21)11-2-1-7-16-13(11)20/h1-7H,8H2,(H,16,20)(H,17,19)(H,18,21). The molecule has 1 aromatic heterocycles. The highest BCUT2D eigenvalue weighted by atomic mass is 19.1. The maximum atomic E-state index is 12.7. The topological polar surface area (TPSA) is 100 Å². The smallest absolute Gasteiger partial charge is 0.276 e. The number of ether oxygens (including phenoxy) is 1. The minimum absolute atomic E-state index is 0.137. The fourth-order valence-electron chi connectivity index (χ4n) is 1.51. The van der Waals surface area contributed by atoms with E-state index in [2.05, 4.69) is 15.8 Å². The molecule has 22 heavy (non-hydrogen) atoms. The van der Waals surface area contributed by atoms with Gasteiger partial charge in [0.05, 0.1) is 0 Å². The summed E-state index contributed by atoms with van der Waals surface area (Å²) < 4.78 is 17.8. The second-order valence-corrected chi connectivity index (χ2v) is 4.16. The number of carbonyl (C=O) groups is 2. The molecule has 0 spiro atoms. The maximum Gasteiger partial charge on any atom is 0.276 e. The number of aromatic nitrogens is 1. The Morgan fingerprint density at radius 2 is 1.86 bits per heavy atom. The largest absolute Gasteiger partial charge is 0.484 e. The van der Waals surface area contributed by atoms with Gasteiger partial charge >= 0.3 is 0 Å². The molecule has 0 radical (unpaired) electrons. The first-order valence-corrected chi connectivity index (χ1v) is 6.21. The van der Waals surface area contributed by atoms with Crippen LogP contribution in [0.25, 0.3) is 0 Å². The van der Waals surface area contributed by atoms with Crippen molar-refractivity contribution in [2.75, 3.05) is 6.61 Å². The Kier molecular flexibility index (Phi) is 4.86. The summed E-state index contributed by atoms with van der Waals surface area (Å²) in [7, 11) is 0. The second kappa shape index (κ2) is 7.02. The molecule has 0 saturated carbocycles. The molecule has 0 aliphatic rings. The monoisotopic (exact) mass is 305 g/mol. The summed E-state index contributed by atoms with van der Waals surface area (Å²) in [5.74, 6) is -1.50. The fraction of sp³-hybridized carbons (Fsp3) is 0.0714. The van der Waals surface area contributed by atoms with Gasteiger partial charge in [0.1, 0.15) is 17.1 Å². The summed E-state index contributed by atoms with van der Waals surface area (Å²) in [4.78, 5) is 36.8. The van der Waals surface area contributed by atoms with Gasteiger partial charge < -0.3 is 9.72 Å². The van der Waals surface area contributed by atoms with Gasteiger partial charge in [0.2, 0.25) is 0 Å². The van der Waals surface area contributed by atoms with E-state index in [1.54, 1.807) is 0 Å². The molecule has 1 heterocycles. The Morgan fingerprint density at radius 1 is 1.14 bits per heavy atom. The first kappa shape index (κ1) is 15.2. The number of nitrogens with one attached hydrogen (secondary N) is 3. The van der Waals surface area contributed by atoms with Crippen LogP contribution in [-0.4, -0.2) is 23.4 Å². The van der Waals surface area contributed by atoms with Crippen LogP contribution in [0.1, 0.15) is 10.4 Å². The summed E-state index contributed by atoms with van der Waals surface area (Å²) in [6, 6.07) is 7.91. The molecule has 2 rings (SSSR count). The van der Waals surface area contributed by atoms with E-state index in [0.29, 0.717) is 5.75 Å². The van der Waals surface area contributed by atoms with Gasteiger partial charge in [0.25, 0.3) is 17.4 Å². The van der Waals surface area contributed by atoms with Crippen molar-refractivity contribution in [1.29, 1.82) is 0 Å². The normalized spacial score (nSPS) is 9.86. The lowest BCUT2D eigenvalue weighted by Crippen LogP contribution is -2.45. The summed E-state index contributed by atoms with van der Waals surface area (Å²) >= 11 is 0. The zero-order valence-electron chi connectivity index (χ0n) is 11.3. The van der Waals surface area contributed by atoms with Crippen LogP contribution in [0.2, 0.25) is 0 Å². The predicted molar refractivity (Wildman–Crippen MR) is 74.6 cm³/mol. The third-order valence-electron chi connectivity index (χ3n) is 2.56. The zero-order valence-corrected chi connectivity index (χ0v) is 11.3. The second-order valence-electron chi connectivity index (χ2n) is 4.16. The van der Waals surface area contributed by atoms with E-state index in [1.165, 1.54) is 42.6 Å². The summed E-state index contributed by atoms with van der Waals surface area (Å²) in [5.41, 5.74) is 3.48. The molecule has 114 valence electrons.